The lowest BCUT2D eigenvalue weighted by Crippen LogP contribution is -2.45. The Bertz CT molecular complexity index is 373. The second-order valence-electron chi connectivity index (χ2n) is 4.25. The molecular weight excluding hydrogens is 258 g/mol. The van der Waals surface area contributed by atoms with Gasteiger partial charge in [0.15, 0.2) is 0 Å². The number of quaternary nitrogens is 1. The molecule has 0 amide bonds. The molecule has 0 fully saturated rings. The van der Waals surface area contributed by atoms with Gasteiger partial charge in [-0.3, -0.25) is 0 Å². The summed E-state index contributed by atoms with van der Waals surface area (Å²) in [5.41, 5.74) is 0.451. The first-order chi connectivity index (χ1) is 7.99. The molecule has 1 N–H and O–H groups in total. The summed E-state index contributed by atoms with van der Waals surface area (Å²) in [5.74, 6) is -0.312. The first-order valence-electron chi connectivity index (χ1n) is 5.62. The number of nitrogens with zero attached hydrogens (tertiary/aromatic N) is 1. The van der Waals surface area contributed by atoms with Gasteiger partial charge >= 0.3 is 16.3 Å². The normalized spacial score (nSPS) is 11.2. The fourth-order valence-corrected chi connectivity index (χ4v) is 1.32. The van der Waals surface area contributed by atoms with Gasteiger partial charge in [-0.25, -0.2) is 9.35 Å². The zero-order chi connectivity index (χ0) is 15.0. The summed E-state index contributed by atoms with van der Waals surface area (Å²) in [6, 6.07) is 0. The second-order valence-corrected chi connectivity index (χ2v) is 6.13. The number of hydrogen-bond acceptors (Lipinski definition) is 4. The van der Waals surface area contributed by atoms with Crippen LogP contribution in [0.2, 0.25) is 0 Å². The average Bonchev–Trinajstić information content (AvgIpc) is 2.17. The van der Waals surface area contributed by atoms with Crippen molar-refractivity contribution in [2.45, 2.75) is 27.2 Å². The summed E-state index contributed by atoms with van der Waals surface area (Å²) in [4.78, 5) is 10.4. The maximum Gasteiger partial charge on any atom is 0.432 e. The molecule has 18 heavy (non-hydrogen) atoms. The van der Waals surface area contributed by atoms with Crippen LogP contribution in [0.1, 0.15) is 27.2 Å². The Morgan fingerprint density at radius 2 is 1.78 bits per heavy atom. The zero-order valence-electron chi connectivity index (χ0n) is 11.8. The van der Waals surface area contributed by atoms with Crippen LogP contribution in [0.3, 0.4) is 0 Å². The Morgan fingerprint density at radius 1 is 1.33 bits per heavy atom. The quantitative estimate of drug-likeness (QED) is 0.357. The predicted molar refractivity (Wildman–Crippen MR) is 70.3 cm³/mol. The maximum absolute atomic E-state index is 10.6. The molecule has 0 saturated heterocycles. The van der Waals surface area contributed by atoms with E-state index in [0.29, 0.717) is 18.7 Å². The van der Waals surface area contributed by atoms with Crippen LogP contribution in [-0.4, -0.2) is 50.1 Å². The predicted octanol–water partition coefficient (Wildman–Crippen LogP) is 1.40. The number of rotatable bonds is 5. The first kappa shape index (κ1) is 19.4. The van der Waals surface area contributed by atoms with Crippen LogP contribution >= 0.6 is 0 Å². The van der Waals surface area contributed by atoms with Gasteiger partial charge in [0.1, 0.15) is 0 Å². The van der Waals surface area contributed by atoms with E-state index in [9.17, 15) is 13.2 Å². The number of esters is 1. The highest BCUT2D eigenvalue weighted by Gasteiger charge is 2.28. The second kappa shape index (κ2) is 8.23. The highest BCUT2D eigenvalue weighted by molar-refractivity contribution is 7.80. The molecule has 0 unspecified atom stereocenters. The monoisotopic (exact) mass is 282 g/mol. The van der Waals surface area contributed by atoms with Crippen LogP contribution < -0.4 is 0 Å². The minimum absolute atomic E-state index is 0.312. The van der Waals surface area contributed by atoms with E-state index < -0.39 is 10.3 Å². The third-order valence-corrected chi connectivity index (χ3v) is 3.44. The molecule has 0 radical (unpaired) electrons. The summed E-state index contributed by atoms with van der Waals surface area (Å²) >= 11 is 0. The van der Waals surface area contributed by atoms with Crippen molar-refractivity contribution in [3.8, 4) is 0 Å². The van der Waals surface area contributed by atoms with Crippen molar-refractivity contribution in [2.75, 3.05) is 27.2 Å². The largest absolute Gasteiger partial charge is 0.463 e. The minimum atomic E-state index is -3.93. The van der Waals surface area contributed by atoms with Crippen molar-refractivity contribution in [3.63, 3.8) is 0 Å². The Hall–Kier alpha value is -0.920. The number of hydrogen-bond donors (Lipinski definition) is 1. The Labute approximate surface area is 110 Å². The number of ether oxygens (including phenoxy) is 1. The lowest BCUT2D eigenvalue weighted by Gasteiger charge is -2.23. The average molecular weight is 282 g/mol. The zero-order valence-corrected chi connectivity index (χ0v) is 12.6. The van der Waals surface area contributed by atoms with Gasteiger partial charge < -0.3 is 4.74 Å². The van der Waals surface area contributed by atoms with Crippen LogP contribution in [-0.2, 0) is 19.8 Å². The van der Waals surface area contributed by atoms with Crippen molar-refractivity contribution < 1.29 is 26.4 Å². The van der Waals surface area contributed by atoms with Gasteiger partial charge in [0, 0.05) is 5.57 Å². The molecule has 0 aromatic heterocycles. The molecule has 0 aromatic rings. The van der Waals surface area contributed by atoms with Gasteiger partial charge in [0.25, 0.3) is 0 Å². The van der Waals surface area contributed by atoms with E-state index in [2.05, 4.69) is 11.3 Å². The topological polar surface area (TPSA) is 80.7 Å². The summed E-state index contributed by atoms with van der Waals surface area (Å²) in [6.07, 6.45) is 0.729. The van der Waals surface area contributed by atoms with Crippen molar-refractivity contribution in [1.82, 2.24) is 0 Å². The summed E-state index contributed by atoms with van der Waals surface area (Å²) in [5, 5.41) is 0. The van der Waals surface area contributed by atoms with E-state index in [4.69, 9.17) is 4.55 Å². The third-order valence-electron chi connectivity index (χ3n) is 2.01. The summed E-state index contributed by atoms with van der Waals surface area (Å²) in [7, 11) is -1.01. The highest BCUT2D eigenvalue weighted by Crippen LogP contribution is 2.05. The molecule has 0 aliphatic heterocycles. The molecular formula is C11H24NO5S+. The molecule has 6 nitrogen and oxygen atoms in total. The molecule has 0 aromatic carbocycles. The van der Waals surface area contributed by atoms with Crippen LogP contribution in [0.15, 0.2) is 12.2 Å². The Morgan fingerprint density at radius 3 is 1.89 bits per heavy atom. The van der Waals surface area contributed by atoms with Crippen LogP contribution in [0.5, 0.6) is 0 Å². The fourth-order valence-electron chi connectivity index (χ4n) is 0.908. The van der Waals surface area contributed by atoms with Gasteiger partial charge in [-0.1, -0.05) is 13.5 Å². The van der Waals surface area contributed by atoms with Gasteiger partial charge in [-0.15, -0.1) is 8.42 Å². The van der Waals surface area contributed by atoms with E-state index in [1.807, 2.05) is 6.92 Å². The molecule has 0 saturated carbocycles. The van der Waals surface area contributed by atoms with E-state index in [0.717, 1.165) is 6.42 Å². The standard InChI is InChI=1S/C6H10O2.C5H13NO3S/c1-4-8-6(7)5(2)3;1-4-5-6(2,3)10(7,8)9/h2,4H2,1,3H3;4-5H2,1-3H3/p+1. The molecule has 0 bridgehead atoms. The van der Waals surface area contributed by atoms with E-state index in [1.165, 1.54) is 14.1 Å². The van der Waals surface area contributed by atoms with E-state index in [1.54, 1.807) is 13.8 Å². The third kappa shape index (κ3) is 8.21. The van der Waals surface area contributed by atoms with E-state index in [-0.39, 0.29) is 9.86 Å². The Kier molecular flexibility index (Phi) is 8.88. The fraction of sp³-hybridized carbons (Fsp3) is 0.727. The van der Waals surface area contributed by atoms with Gasteiger partial charge in [0.2, 0.25) is 0 Å². The van der Waals surface area contributed by atoms with Crippen LogP contribution in [0.25, 0.3) is 0 Å². The summed E-state index contributed by atoms with van der Waals surface area (Å²) < 4.78 is 34.0. The maximum atomic E-state index is 10.6. The van der Waals surface area contributed by atoms with Crippen molar-refractivity contribution in [2.24, 2.45) is 0 Å². The first-order valence-corrected chi connectivity index (χ1v) is 7.02. The molecule has 0 atom stereocenters. The molecule has 0 heterocycles. The number of carbonyl (C=O) groups is 1. The van der Waals surface area contributed by atoms with Crippen molar-refractivity contribution in [1.29, 1.82) is 0 Å². The molecule has 0 rings (SSSR count). The SMILES string of the molecule is C=C(C)C(=O)OCC.CCC[N+](C)(C)S(=O)(=O)O. The van der Waals surface area contributed by atoms with Crippen LogP contribution in [0.4, 0.5) is 0 Å². The highest BCUT2D eigenvalue weighted by atomic mass is 32.2. The van der Waals surface area contributed by atoms with Crippen LogP contribution in [0, 0.1) is 0 Å². The molecule has 7 heteroatoms. The lowest BCUT2D eigenvalue weighted by atomic mass is 10.4. The lowest BCUT2D eigenvalue weighted by molar-refractivity contribution is -0.767. The molecule has 0 spiro atoms. The molecule has 0 aliphatic carbocycles. The van der Waals surface area contributed by atoms with Crippen molar-refractivity contribution >= 4 is 16.3 Å². The summed E-state index contributed by atoms with van der Waals surface area (Å²) in [6.45, 7) is 9.50. The van der Waals surface area contributed by atoms with Gasteiger partial charge in [0.05, 0.1) is 27.2 Å². The molecule has 108 valence electrons. The van der Waals surface area contributed by atoms with E-state index >= 15 is 0 Å². The van der Waals surface area contributed by atoms with Gasteiger partial charge in [-0.2, -0.15) is 3.89 Å². The van der Waals surface area contributed by atoms with Gasteiger partial charge in [-0.05, 0) is 20.3 Å². The molecule has 0 aliphatic rings. The Balaban J connectivity index is 0. The minimum Gasteiger partial charge on any atom is -0.463 e. The smallest absolute Gasteiger partial charge is 0.432 e. The van der Waals surface area contributed by atoms with Crippen molar-refractivity contribution in [3.05, 3.63) is 12.2 Å². The number of carbonyl (C=O) groups excluding carboxylic acids is 1.